The zero-order valence-electron chi connectivity index (χ0n) is 23.3. The van der Waals surface area contributed by atoms with E-state index in [9.17, 15) is 9.59 Å². The van der Waals surface area contributed by atoms with E-state index < -0.39 is 0 Å². The molecular formula is C30H46Cl2N4O2. The number of hydrogen-bond donors (Lipinski definition) is 2. The molecule has 2 aliphatic carbocycles. The number of carbonyl (C=O) groups is 2. The van der Waals surface area contributed by atoms with Crippen LogP contribution in [0.2, 0.25) is 0 Å². The molecular weight excluding hydrogens is 519 g/mol. The number of halogens is 2. The Morgan fingerprint density at radius 1 is 0.658 bits per heavy atom. The summed E-state index contributed by atoms with van der Waals surface area (Å²) in [5, 5.41) is 0. The summed E-state index contributed by atoms with van der Waals surface area (Å²) >= 11 is 0. The van der Waals surface area contributed by atoms with Crippen LogP contribution in [0.4, 0.5) is 0 Å². The maximum Gasteiger partial charge on any atom is 0.233 e. The van der Waals surface area contributed by atoms with E-state index in [0.29, 0.717) is 24.9 Å². The zero-order chi connectivity index (χ0) is 26.3. The Hall–Kier alpha value is -2.12. The highest BCUT2D eigenvalue weighted by atomic mass is 35.5. The second kappa shape index (κ2) is 14.9. The molecule has 0 radical (unpaired) electrons. The van der Waals surface area contributed by atoms with Crippen LogP contribution in [0.5, 0.6) is 0 Å². The third kappa shape index (κ3) is 6.36. The molecule has 2 fully saturated rings. The molecule has 2 aromatic rings. The molecule has 8 heteroatoms. The van der Waals surface area contributed by atoms with Crippen molar-refractivity contribution in [1.82, 2.24) is 9.80 Å². The lowest BCUT2D eigenvalue weighted by Gasteiger charge is -2.26. The highest BCUT2D eigenvalue weighted by Crippen LogP contribution is 2.55. The minimum absolute atomic E-state index is 0. The van der Waals surface area contributed by atoms with E-state index in [2.05, 4.69) is 24.3 Å². The van der Waals surface area contributed by atoms with Gasteiger partial charge in [0.15, 0.2) is 0 Å². The molecule has 6 nitrogen and oxygen atoms in total. The van der Waals surface area contributed by atoms with E-state index >= 15 is 0 Å². The Morgan fingerprint density at radius 2 is 0.947 bits per heavy atom. The quantitative estimate of drug-likeness (QED) is 0.447. The molecule has 0 spiro atoms. The summed E-state index contributed by atoms with van der Waals surface area (Å²) in [5.41, 5.74) is 13.1. The topological polar surface area (TPSA) is 92.7 Å². The second-order valence-corrected chi connectivity index (χ2v) is 9.90. The fourth-order valence-electron chi connectivity index (χ4n) is 5.76. The molecule has 4 rings (SSSR count). The molecule has 0 aromatic heterocycles. The largest absolute Gasteiger partial charge is 0.342 e. The van der Waals surface area contributed by atoms with Crippen molar-refractivity contribution in [3.63, 3.8) is 0 Å². The van der Waals surface area contributed by atoms with Gasteiger partial charge in [-0.1, -0.05) is 60.7 Å². The summed E-state index contributed by atoms with van der Waals surface area (Å²) in [4.78, 5) is 29.3. The Morgan fingerprint density at radius 3 is 1.16 bits per heavy atom. The van der Waals surface area contributed by atoms with Gasteiger partial charge < -0.3 is 21.3 Å². The molecule has 0 bridgehead atoms. The number of carbonyl (C=O) groups excluding carboxylic acids is 2. The number of likely N-dealkylation sites (N-methyl/N-ethyl adjacent to an activating group) is 2. The van der Waals surface area contributed by atoms with Crippen LogP contribution in [0.25, 0.3) is 0 Å². The van der Waals surface area contributed by atoms with Gasteiger partial charge in [0.1, 0.15) is 0 Å². The van der Waals surface area contributed by atoms with E-state index in [4.69, 9.17) is 11.5 Å². The molecule has 212 valence electrons. The standard InChI is InChI=1S/2C15H22N2O.2ClH/c2*1-3-17(4-2)14(18)15(10-13(15)11-16)12-8-6-5-7-9-12;;/h2*5-9,13H,3-4,10-11,16H2,1-2H3;2*1H/t2*13-,15?;;/m10../s1. The molecule has 0 saturated heterocycles. The van der Waals surface area contributed by atoms with E-state index in [1.165, 1.54) is 0 Å². The minimum atomic E-state index is -0.345. The van der Waals surface area contributed by atoms with Gasteiger partial charge in [-0.25, -0.2) is 0 Å². The monoisotopic (exact) mass is 564 g/mol. The van der Waals surface area contributed by atoms with Crippen molar-refractivity contribution in [2.75, 3.05) is 39.3 Å². The number of hydrogen-bond acceptors (Lipinski definition) is 4. The van der Waals surface area contributed by atoms with E-state index in [0.717, 1.165) is 50.1 Å². The van der Waals surface area contributed by atoms with Crippen molar-refractivity contribution in [1.29, 1.82) is 0 Å². The highest BCUT2D eigenvalue weighted by Gasteiger charge is 2.61. The van der Waals surface area contributed by atoms with Crippen LogP contribution in [-0.2, 0) is 20.4 Å². The number of benzene rings is 2. The van der Waals surface area contributed by atoms with Crippen molar-refractivity contribution in [3.05, 3.63) is 71.8 Å². The van der Waals surface area contributed by atoms with Crippen LogP contribution < -0.4 is 11.5 Å². The Kier molecular flexibility index (Phi) is 13.3. The minimum Gasteiger partial charge on any atom is -0.342 e. The first kappa shape index (κ1) is 33.9. The average molecular weight is 566 g/mol. The molecule has 2 aliphatic rings. The molecule has 4 atom stereocenters. The van der Waals surface area contributed by atoms with E-state index in [1.807, 2.05) is 73.9 Å². The van der Waals surface area contributed by atoms with E-state index in [1.54, 1.807) is 0 Å². The third-order valence-electron chi connectivity index (χ3n) is 8.22. The van der Waals surface area contributed by atoms with Crippen molar-refractivity contribution in [2.45, 2.75) is 51.4 Å². The molecule has 2 aromatic carbocycles. The fourth-order valence-corrected chi connectivity index (χ4v) is 5.76. The summed E-state index contributed by atoms with van der Waals surface area (Å²) in [5.74, 6) is 1.09. The Labute approximate surface area is 241 Å². The van der Waals surface area contributed by atoms with Crippen LogP contribution in [0.1, 0.15) is 51.7 Å². The normalized spacial score (nSPS) is 24.5. The smallest absolute Gasteiger partial charge is 0.233 e. The van der Waals surface area contributed by atoms with Gasteiger partial charge >= 0.3 is 0 Å². The maximum absolute atomic E-state index is 12.7. The van der Waals surface area contributed by atoms with Crippen molar-refractivity contribution in [3.8, 4) is 0 Å². The number of amides is 2. The van der Waals surface area contributed by atoms with Gasteiger partial charge in [-0.3, -0.25) is 9.59 Å². The number of rotatable bonds is 10. The van der Waals surface area contributed by atoms with Crippen molar-refractivity contribution in [2.24, 2.45) is 23.3 Å². The van der Waals surface area contributed by atoms with Gasteiger partial charge in [0, 0.05) is 26.2 Å². The van der Waals surface area contributed by atoms with Crippen LogP contribution in [0, 0.1) is 11.8 Å². The number of nitrogens with zero attached hydrogens (tertiary/aromatic N) is 2. The highest BCUT2D eigenvalue weighted by molar-refractivity contribution is 5.93. The van der Waals surface area contributed by atoms with Gasteiger partial charge in [-0.15, -0.1) is 24.8 Å². The Bertz CT molecular complexity index is 920. The fraction of sp³-hybridized carbons (Fsp3) is 0.533. The predicted octanol–water partition coefficient (Wildman–Crippen LogP) is 4.39. The first-order valence-corrected chi connectivity index (χ1v) is 13.5. The lowest BCUT2D eigenvalue weighted by Crippen LogP contribution is -2.40. The lowest BCUT2D eigenvalue weighted by atomic mass is 9.91. The molecule has 0 heterocycles. The van der Waals surface area contributed by atoms with Gasteiger partial charge in [-0.2, -0.15) is 0 Å². The molecule has 2 unspecified atom stereocenters. The molecule has 2 saturated carbocycles. The molecule has 4 N–H and O–H groups in total. The Balaban J connectivity index is 0.000000361. The summed E-state index contributed by atoms with van der Waals surface area (Å²) < 4.78 is 0. The molecule has 0 aliphatic heterocycles. The summed E-state index contributed by atoms with van der Waals surface area (Å²) in [6.07, 6.45) is 1.78. The van der Waals surface area contributed by atoms with Gasteiger partial charge in [0.2, 0.25) is 11.8 Å². The van der Waals surface area contributed by atoms with Crippen LogP contribution in [0.15, 0.2) is 60.7 Å². The third-order valence-corrected chi connectivity index (χ3v) is 8.22. The van der Waals surface area contributed by atoms with Gasteiger partial charge in [-0.05, 0) is 76.6 Å². The van der Waals surface area contributed by atoms with Crippen LogP contribution >= 0.6 is 24.8 Å². The van der Waals surface area contributed by atoms with Crippen LogP contribution in [0.3, 0.4) is 0 Å². The molecule has 38 heavy (non-hydrogen) atoms. The van der Waals surface area contributed by atoms with E-state index in [-0.39, 0.29) is 47.5 Å². The SMILES string of the molecule is CCN(CC)C(=O)C1(c2ccccc2)C[C@@H]1CN.CCN(CC)C(=O)C1(c2ccccc2)C[C@H]1CN.Cl.Cl. The van der Waals surface area contributed by atoms with Gasteiger partial charge in [0.25, 0.3) is 0 Å². The summed E-state index contributed by atoms with van der Waals surface area (Å²) in [7, 11) is 0. The number of nitrogens with two attached hydrogens (primary N) is 2. The average Bonchev–Trinajstić information content (AvgIpc) is 3.85. The molecule has 2 amide bonds. The summed E-state index contributed by atoms with van der Waals surface area (Å²) in [6.45, 7) is 12.3. The van der Waals surface area contributed by atoms with Crippen molar-refractivity contribution >= 4 is 36.6 Å². The summed E-state index contributed by atoms with van der Waals surface area (Å²) in [6, 6.07) is 20.2. The maximum atomic E-state index is 12.7. The van der Waals surface area contributed by atoms with Crippen molar-refractivity contribution < 1.29 is 9.59 Å². The lowest BCUT2D eigenvalue weighted by molar-refractivity contribution is -0.134. The predicted molar refractivity (Wildman–Crippen MR) is 161 cm³/mol. The first-order chi connectivity index (χ1) is 17.4. The van der Waals surface area contributed by atoms with Crippen LogP contribution in [-0.4, -0.2) is 60.9 Å². The zero-order valence-corrected chi connectivity index (χ0v) is 24.9. The second-order valence-electron chi connectivity index (χ2n) is 9.90. The van der Waals surface area contributed by atoms with Gasteiger partial charge in [0.05, 0.1) is 10.8 Å². The first-order valence-electron chi connectivity index (χ1n) is 13.5.